The molecule has 0 radical (unpaired) electrons. The number of pyridine rings is 1. The van der Waals surface area contributed by atoms with Crippen molar-refractivity contribution in [1.29, 1.82) is 0 Å². The standard InChI is InChI=1S/C28H40N6O4SSi/c1-20(2)26-25-27-24(32-13-11-31(12-14-32)21-7-9-23(10-8-21)39(3,36)37)17-22(35)18-33(27)30-28(25)34(29-26)19-38-15-16-40(4,5)6/h7-10,17-18,20,35H,11-16,19H2,1-6H3. The van der Waals surface area contributed by atoms with Gasteiger partial charge in [0.25, 0.3) is 0 Å². The molecule has 216 valence electrons. The molecule has 1 aliphatic rings. The van der Waals surface area contributed by atoms with Gasteiger partial charge in [-0.1, -0.05) is 33.5 Å². The quantitative estimate of drug-likeness (QED) is 0.226. The van der Waals surface area contributed by atoms with E-state index in [2.05, 4.69) is 43.3 Å². The summed E-state index contributed by atoms with van der Waals surface area (Å²) in [7, 11) is -4.42. The molecule has 10 nitrogen and oxygen atoms in total. The van der Waals surface area contributed by atoms with E-state index in [0.717, 1.165) is 65.8 Å². The van der Waals surface area contributed by atoms with E-state index in [9.17, 15) is 13.5 Å². The number of nitrogens with zero attached hydrogens (tertiary/aromatic N) is 6. The summed E-state index contributed by atoms with van der Waals surface area (Å²) < 4.78 is 33.3. The molecule has 1 aliphatic heterocycles. The van der Waals surface area contributed by atoms with Crippen LogP contribution in [0, 0.1) is 0 Å². The highest BCUT2D eigenvalue weighted by Gasteiger charge is 2.26. The molecule has 0 aliphatic carbocycles. The number of hydrogen-bond donors (Lipinski definition) is 1. The third-order valence-corrected chi connectivity index (χ3v) is 10.2. The Kier molecular flexibility index (Phi) is 7.62. The lowest BCUT2D eigenvalue weighted by atomic mass is 10.1. The maximum atomic E-state index is 11.8. The molecule has 1 aromatic carbocycles. The van der Waals surface area contributed by atoms with Crippen molar-refractivity contribution in [3.63, 3.8) is 0 Å². The molecule has 1 N–H and O–H groups in total. The third kappa shape index (κ3) is 5.84. The van der Waals surface area contributed by atoms with Crippen LogP contribution in [0.4, 0.5) is 11.4 Å². The number of benzene rings is 1. The molecular weight excluding hydrogens is 544 g/mol. The first-order valence-corrected chi connectivity index (χ1v) is 19.4. The van der Waals surface area contributed by atoms with E-state index < -0.39 is 17.9 Å². The molecule has 40 heavy (non-hydrogen) atoms. The molecule has 12 heteroatoms. The van der Waals surface area contributed by atoms with Crippen molar-refractivity contribution in [1.82, 2.24) is 19.4 Å². The zero-order chi connectivity index (χ0) is 28.8. The van der Waals surface area contributed by atoms with Crippen molar-refractivity contribution in [3.05, 3.63) is 42.2 Å². The maximum absolute atomic E-state index is 11.8. The number of anilines is 2. The van der Waals surface area contributed by atoms with Gasteiger partial charge in [0.2, 0.25) is 0 Å². The van der Waals surface area contributed by atoms with Gasteiger partial charge in [0, 0.05) is 58.9 Å². The Balaban J connectivity index is 1.43. The van der Waals surface area contributed by atoms with Gasteiger partial charge in [-0.05, 0) is 36.2 Å². The average molecular weight is 585 g/mol. The lowest BCUT2D eigenvalue weighted by Crippen LogP contribution is -2.46. The number of sulfone groups is 1. The molecule has 0 bridgehead atoms. The normalized spacial score (nSPS) is 15.2. The van der Waals surface area contributed by atoms with Crippen molar-refractivity contribution < 1.29 is 18.3 Å². The summed E-state index contributed by atoms with van der Waals surface area (Å²) >= 11 is 0. The second-order valence-corrected chi connectivity index (χ2v) is 19.8. The summed E-state index contributed by atoms with van der Waals surface area (Å²) in [6.07, 6.45) is 2.87. The monoisotopic (exact) mass is 584 g/mol. The Morgan fingerprint density at radius 2 is 1.68 bits per heavy atom. The largest absolute Gasteiger partial charge is 0.506 e. The molecular formula is C28H40N6O4SSi. The fraction of sp³-hybridized carbons (Fsp3) is 0.500. The van der Waals surface area contributed by atoms with Crippen LogP contribution in [0.25, 0.3) is 16.6 Å². The highest BCUT2D eigenvalue weighted by Crippen LogP contribution is 2.37. The van der Waals surface area contributed by atoms with E-state index in [-0.39, 0.29) is 11.7 Å². The SMILES string of the molecule is CC(C)c1nn(COCC[Si](C)(C)C)c2nn3cc(O)cc(N4CCN(c5ccc(S(C)(=O)=O)cc5)CC4)c3c12. The second kappa shape index (κ2) is 10.7. The van der Waals surface area contributed by atoms with Crippen LogP contribution in [-0.2, 0) is 21.3 Å². The minimum atomic E-state index is -3.23. The zero-order valence-electron chi connectivity index (χ0n) is 24.3. The average Bonchev–Trinajstić information content (AvgIpc) is 3.42. The number of fused-ring (bicyclic) bond motifs is 3. The van der Waals surface area contributed by atoms with Crippen LogP contribution < -0.4 is 9.80 Å². The fourth-order valence-corrected chi connectivity index (χ4v) is 6.54. The first kappa shape index (κ1) is 28.4. The number of rotatable bonds is 9. The fourth-order valence-electron chi connectivity index (χ4n) is 5.15. The first-order chi connectivity index (χ1) is 18.8. The molecule has 0 unspecified atom stereocenters. The lowest BCUT2D eigenvalue weighted by Gasteiger charge is -2.37. The van der Waals surface area contributed by atoms with Gasteiger partial charge in [0.15, 0.2) is 15.5 Å². The summed E-state index contributed by atoms with van der Waals surface area (Å²) in [5, 5.41) is 21.4. The molecule has 0 saturated carbocycles. The Labute approximate surface area is 237 Å². The Bertz CT molecular complexity index is 1610. The van der Waals surface area contributed by atoms with Crippen LogP contribution in [0.2, 0.25) is 25.7 Å². The van der Waals surface area contributed by atoms with Crippen molar-refractivity contribution in [2.24, 2.45) is 0 Å². The van der Waals surface area contributed by atoms with Crippen LogP contribution in [0.15, 0.2) is 41.4 Å². The Morgan fingerprint density at radius 3 is 2.27 bits per heavy atom. The van der Waals surface area contributed by atoms with Gasteiger partial charge in [0.1, 0.15) is 18.0 Å². The van der Waals surface area contributed by atoms with Crippen molar-refractivity contribution in [2.75, 3.05) is 48.8 Å². The number of piperazine rings is 1. The summed E-state index contributed by atoms with van der Waals surface area (Å²) in [5.74, 6) is 0.343. The molecule has 0 atom stereocenters. The molecule has 0 amide bonds. The van der Waals surface area contributed by atoms with Gasteiger partial charge in [-0.25, -0.2) is 17.6 Å². The third-order valence-electron chi connectivity index (χ3n) is 7.41. The highest BCUT2D eigenvalue weighted by atomic mass is 32.2. The van der Waals surface area contributed by atoms with Crippen molar-refractivity contribution in [3.8, 4) is 5.75 Å². The summed E-state index contributed by atoms with van der Waals surface area (Å²) in [6.45, 7) is 15.3. The van der Waals surface area contributed by atoms with E-state index in [1.54, 1.807) is 22.8 Å². The lowest BCUT2D eigenvalue weighted by molar-refractivity contribution is 0.0808. The van der Waals surface area contributed by atoms with E-state index in [4.69, 9.17) is 14.9 Å². The van der Waals surface area contributed by atoms with E-state index in [1.807, 2.05) is 22.9 Å². The van der Waals surface area contributed by atoms with Crippen LogP contribution in [0.1, 0.15) is 25.5 Å². The van der Waals surface area contributed by atoms with Crippen LogP contribution in [0.3, 0.4) is 0 Å². The zero-order valence-corrected chi connectivity index (χ0v) is 26.1. The molecule has 5 rings (SSSR count). The number of ether oxygens (including phenoxy) is 1. The molecule has 1 fully saturated rings. The number of aromatic nitrogens is 4. The van der Waals surface area contributed by atoms with Crippen molar-refractivity contribution >= 4 is 45.8 Å². The van der Waals surface area contributed by atoms with Gasteiger partial charge in [-0.2, -0.15) is 5.10 Å². The maximum Gasteiger partial charge on any atom is 0.183 e. The summed E-state index contributed by atoms with van der Waals surface area (Å²) in [5.41, 5.74) is 4.59. The van der Waals surface area contributed by atoms with Crippen molar-refractivity contribution in [2.45, 2.75) is 57.1 Å². The topological polar surface area (TPSA) is 105 Å². The predicted molar refractivity (Wildman–Crippen MR) is 162 cm³/mol. The summed E-state index contributed by atoms with van der Waals surface area (Å²) in [6, 6.07) is 9.98. The van der Waals surface area contributed by atoms with Gasteiger partial charge >= 0.3 is 0 Å². The van der Waals surface area contributed by atoms with Crippen LogP contribution in [0.5, 0.6) is 5.75 Å². The number of aromatic hydroxyl groups is 1. The minimum absolute atomic E-state index is 0.156. The van der Waals surface area contributed by atoms with Gasteiger partial charge in [-0.3, -0.25) is 0 Å². The van der Waals surface area contributed by atoms with E-state index in [0.29, 0.717) is 18.2 Å². The predicted octanol–water partition coefficient (Wildman–Crippen LogP) is 4.56. The molecule has 3 aromatic heterocycles. The molecule has 4 aromatic rings. The van der Waals surface area contributed by atoms with Crippen LogP contribution >= 0.6 is 0 Å². The minimum Gasteiger partial charge on any atom is -0.506 e. The molecule has 4 heterocycles. The van der Waals surface area contributed by atoms with Gasteiger partial charge in [-0.15, -0.1) is 5.10 Å². The molecule has 1 saturated heterocycles. The van der Waals surface area contributed by atoms with E-state index in [1.165, 1.54) is 6.26 Å². The Morgan fingerprint density at radius 1 is 1.02 bits per heavy atom. The number of hydrogen-bond acceptors (Lipinski definition) is 8. The highest BCUT2D eigenvalue weighted by molar-refractivity contribution is 7.90. The van der Waals surface area contributed by atoms with Gasteiger partial charge in [0.05, 0.1) is 27.9 Å². The second-order valence-electron chi connectivity index (χ2n) is 12.2. The first-order valence-electron chi connectivity index (χ1n) is 13.8. The van der Waals surface area contributed by atoms with Gasteiger partial charge < -0.3 is 19.6 Å². The summed E-state index contributed by atoms with van der Waals surface area (Å²) in [4.78, 5) is 4.86. The van der Waals surface area contributed by atoms with E-state index >= 15 is 0 Å². The Hall–Kier alpha value is -3.09. The van der Waals surface area contributed by atoms with Crippen LogP contribution in [-0.4, -0.2) is 80.0 Å². The molecule has 0 spiro atoms. The smallest absolute Gasteiger partial charge is 0.183 e.